The van der Waals surface area contributed by atoms with Crippen molar-refractivity contribution in [2.45, 2.75) is 59.0 Å². The molecule has 1 N–H and O–H groups in total. The Kier molecular flexibility index (Phi) is 7.32. The Morgan fingerprint density at radius 1 is 1.30 bits per heavy atom. The van der Waals surface area contributed by atoms with Crippen molar-refractivity contribution in [3.05, 3.63) is 11.9 Å². The third kappa shape index (κ3) is 6.04. The van der Waals surface area contributed by atoms with Crippen molar-refractivity contribution in [3.63, 3.8) is 0 Å². The second-order valence-electron chi connectivity index (χ2n) is 7.47. The third-order valence-corrected chi connectivity index (χ3v) is 4.83. The van der Waals surface area contributed by atoms with Gasteiger partial charge in [-0.2, -0.15) is 0 Å². The van der Waals surface area contributed by atoms with Crippen LogP contribution in [0.3, 0.4) is 0 Å². The molecule has 27 heavy (non-hydrogen) atoms. The second kappa shape index (κ2) is 9.48. The van der Waals surface area contributed by atoms with E-state index in [0.29, 0.717) is 44.0 Å². The van der Waals surface area contributed by atoms with E-state index in [1.165, 1.54) is 11.8 Å². The molecule has 1 aromatic heterocycles. The van der Waals surface area contributed by atoms with Crippen LogP contribution < -0.4 is 0 Å². The summed E-state index contributed by atoms with van der Waals surface area (Å²) in [6.07, 6.45) is 4.59. The minimum absolute atomic E-state index is 0.168. The zero-order chi connectivity index (χ0) is 20.0. The molecule has 2 heterocycles. The molecule has 1 atom stereocenters. The topological polar surface area (TPSA) is 109 Å². The van der Waals surface area contributed by atoms with Crippen molar-refractivity contribution < 1.29 is 19.5 Å². The number of carbonyl (C=O) groups is 3. The van der Waals surface area contributed by atoms with Gasteiger partial charge in [-0.3, -0.25) is 19.1 Å². The van der Waals surface area contributed by atoms with Gasteiger partial charge in [-0.15, -0.1) is 5.10 Å². The summed E-state index contributed by atoms with van der Waals surface area (Å²) in [5.41, 5.74) is 0.325. The molecule has 0 saturated carbocycles. The van der Waals surface area contributed by atoms with Gasteiger partial charge in [-0.05, 0) is 31.6 Å². The maximum absolute atomic E-state index is 12.7. The number of nitrogens with zero attached hydrogens (tertiary/aromatic N) is 5. The van der Waals surface area contributed by atoms with Crippen LogP contribution in [0, 0.1) is 5.92 Å². The van der Waals surface area contributed by atoms with Gasteiger partial charge in [0.05, 0.1) is 6.20 Å². The molecule has 1 unspecified atom stereocenters. The summed E-state index contributed by atoms with van der Waals surface area (Å²) < 4.78 is 1.69. The van der Waals surface area contributed by atoms with Crippen LogP contribution >= 0.6 is 0 Å². The molecule has 1 fully saturated rings. The van der Waals surface area contributed by atoms with E-state index in [0.717, 1.165) is 13.0 Å². The van der Waals surface area contributed by atoms with Crippen LogP contribution in [-0.2, 0) is 16.1 Å². The number of hydrogen-bond acceptors (Lipinski definition) is 5. The molecule has 0 radical (unpaired) electrons. The lowest BCUT2D eigenvalue weighted by atomic mass is 10.1. The van der Waals surface area contributed by atoms with Crippen LogP contribution in [0.15, 0.2) is 6.20 Å². The average molecular weight is 379 g/mol. The van der Waals surface area contributed by atoms with Crippen LogP contribution in [0.4, 0.5) is 0 Å². The summed E-state index contributed by atoms with van der Waals surface area (Å²) in [6.45, 7) is 7.09. The van der Waals surface area contributed by atoms with Crippen LogP contribution in [0.1, 0.15) is 56.9 Å². The van der Waals surface area contributed by atoms with E-state index >= 15 is 0 Å². The molecule has 150 valence electrons. The van der Waals surface area contributed by atoms with Gasteiger partial charge in [0.2, 0.25) is 5.91 Å². The molecular formula is C18H29N5O4. The number of likely N-dealkylation sites (tertiary alicyclic amines) is 1. The first-order chi connectivity index (χ1) is 12.8. The molecule has 9 nitrogen and oxygen atoms in total. The van der Waals surface area contributed by atoms with Crippen molar-refractivity contribution >= 4 is 17.8 Å². The summed E-state index contributed by atoms with van der Waals surface area (Å²) in [7, 11) is 0. The Bertz CT molecular complexity index is 672. The smallest absolute Gasteiger partial charge is 0.323 e. The molecule has 0 aromatic carbocycles. The number of carboxylic acid groups (broad SMARTS) is 1. The van der Waals surface area contributed by atoms with Crippen molar-refractivity contribution in [1.29, 1.82) is 0 Å². The van der Waals surface area contributed by atoms with Crippen molar-refractivity contribution in [2.75, 3.05) is 19.6 Å². The lowest BCUT2D eigenvalue weighted by Crippen LogP contribution is -2.43. The van der Waals surface area contributed by atoms with Crippen LogP contribution in [0.2, 0.25) is 0 Å². The number of hydrogen-bond donors (Lipinski definition) is 1. The van der Waals surface area contributed by atoms with Crippen LogP contribution in [0.5, 0.6) is 0 Å². The predicted molar refractivity (Wildman–Crippen MR) is 98.0 cm³/mol. The summed E-state index contributed by atoms with van der Waals surface area (Å²) >= 11 is 0. The molecule has 9 heteroatoms. The van der Waals surface area contributed by atoms with Gasteiger partial charge in [0, 0.05) is 32.6 Å². The fourth-order valence-corrected chi connectivity index (χ4v) is 3.29. The predicted octanol–water partition coefficient (Wildman–Crippen LogP) is 1.25. The van der Waals surface area contributed by atoms with Crippen molar-refractivity contribution in [2.24, 2.45) is 5.92 Å². The number of rotatable bonds is 7. The zero-order valence-corrected chi connectivity index (χ0v) is 16.3. The first-order valence-corrected chi connectivity index (χ1v) is 9.46. The summed E-state index contributed by atoms with van der Waals surface area (Å²) in [5.74, 6) is -0.902. The molecule has 1 aromatic rings. The monoisotopic (exact) mass is 379 g/mol. The SMILES string of the molecule is CC(=O)N(CC(=O)O)C1CCCN(C(=O)c2cn(CCC(C)C)nn2)CC1. The lowest BCUT2D eigenvalue weighted by Gasteiger charge is -2.28. The molecule has 1 aliphatic heterocycles. The molecule has 2 amide bonds. The normalized spacial score (nSPS) is 17.6. The first kappa shape index (κ1) is 20.9. The van der Waals surface area contributed by atoms with Crippen LogP contribution in [0.25, 0.3) is 0 Å². The minimum Gasteiger partial charge on any atom is -0.480 e. The van der Waals surface area contributed by atoms with Gasteiger partial charge in [-0.25, -0.2) is 0 Å². The molecular weight excluding hydrogens is 350 g/mol. The number of aryl methyl sites for hydroxylation is 1. The van der Waals surface area contributed by atoms with Gasteiger partial charge in [0.1, 0.15) is 6.54 Å². The van der Waals surface area contributed by atoms with Gasteiger partial charge in [-0.1, -0.05) is 19.1 Å². The van der Waals surface area contributed by atoms with Crippen molar-refractivity contribution in [1.82, 2.24) is 24.8 Å². The Balaban J connectivity index is 1.97. The van der Waals surface area contributed by atoms with E-state index in [1.54, 1.807) is 15.8 Å². The van der Waals surface area contributed by atoms with Gasteiger partial charge >= 0.3 is 5.97 Å². The minimum atomic E-state index is -1.03. The molecule has 0 spiro atoms. The van der Waals surface area contributed by atoms with E-state index in [2.05, 4.69) is 24.2 Å². The van der Waals surface area contributed by atoms with E-state index in [1.807, 2.05) is 0 Å². The van der Waals surface area contributed by atoms with Gasteiger partial charge in [0.15, 0.2) is 5.69 Å². The molecule has 0 bridgehead atoms. The highest BCUT2D eigenvalue weighted by Crippen LogP contribution is 2.18. The maximum Gasteiger partial charge on any atom is 0.323 e. The van der Waals surface area contributed by atoms with Gasteiger partial charge in [0.25, 0.3) is 5.91 Å². The summed E-state index contributed by atoms with van der Waals surface area (Å²) in [5, 5.41) is 17.1. The molecule has 1 aliphatic rings. The summed E-state index contributed by atoms with van der Waals surface area (Å²) in [6, 6.07) is -0.168. The Morgan fingerprint density at radius 2 is 2.04 bits per heavy atom. The average Bonchev–Trinajstić information content (AvgIpc) is 2.94. The Morgan fingerprint density at radius 3 is 2.67 bits per heavy atom. The quantitative estimate of drug-likeness (QED) is 0.764. The maximum atomic E-state index is 12.7. The highest BCUT2D eigenvalue weighted by molar-refractivity contribution is 5.92. The number of carbonyl (C=O) groups excluding carboxylic acids is 2. The Labute approximate surface area is 159 Å². The number of aromatic nitrogens is 3. The fraction of sp³-hybridized carbons (Fsp3) is 0.722. The fourth-order valence-electron chi connectivity index (χ4n) is 3.29. The highest BCUT2D eigenvalue weighted by atomic mass is 16.4. The molecule has 2 rings (SSSR count). The summed E-state index contributed by atoms with van der Waals surface area (Å²) in [4.78, 5) is 38.7. The van der Waals surface area contributed by atoms with Gasteiger partial charge < -0.3 is 14.9 Å². The van der Waals surface area contributed by atoms with E-state index in [-0.39, 0.29) is 24.4 Å². The van der Waals surface area contributed by atoms with E-state index in [4.69, 9.17) is 5.11 Å². The second-order valence-corrected chi connectivity index (χ2v) is 7.47. The molecule has 0 aliphatic carbocycles. The largest absolute Gasteiger partial charge is 0.480 e. The number of amides is 2. The van der Waals surface area contributed by atoms with Crippen LogP contribution in [-0.4, -0.2) is 73.4 Å². The Hall–Kier alpha value is -2.45. The zero-order valence-electron chi connectivity index (χ0n) is 16.3. The van der Waals surface area contributed by atoms with E-state index in [9.17, 15) is 14.4 Å². The number of carboxylic acids is 1. The lowest BCUT2D eigenvalue weighted by molar-refractivity contribution is -0.145. The number of aliphatic carboxylic acids is 1. The third-order valence-electron chi connectivity index (χ3n) is 4.83. The van der Waals surface area contributed by atoms with E-state index < -0.39 is 5.97 Å². The highest BCUT2D eigenvalue weighted by Gasteiger charge is 2.28. The van der Waals surface area contributed by atoms with Crippen molar-refractivity contribution in [3.8, 4) is 0 Å². The first-order valence-electron chi connectivity index (χ1n) is 9.46. The standard InChI is InChI=1S/C18H29N5O4/c1-13(2)6-10-22-11-16(19-20-22)18(27)21-8-4-5-15(7-9-21)23(14(3)24)12-17(25)26/h11,13,15H,4-10,12H2,1-3H3,(H,25,26). The molecule has 1 saturated heterocycles.